The van der Waals surface area contributed by atoms with Crippen molar-refractivity contribution in [3.05, 3.63) is 23.5 Å². The molecule has 76 valence electrons. The van der Waals surface area contributed by atoms with Gasteiger partial charge < -0.3 is 4.74 Å². The Kier molecular flexibility index (Phi) is 7.47. The minimum Gasteiger partial charge on any atom is -0.501 e. The van der Waals surface area contributed by atoms with Crippen LogP contribution in [0.4, 0.5) is 0 Å². The van der Waals surface area contributed by atoms with E-state index in [9.17, 15) is 0 Å². The van der Waals surface area contributed by atoms with E-state index in [0.29, 0.717) is 0 Å². The summed E-state index contributed by atoms with van der Waals surface area (Å²) >= 11 is 0. The molecule has 0 heterocycles. The Morgan fingerprint density at radius 3 is 2.08 bits per heavy atom. The van der Waals surface area contributed by atoms with Crippen LogP contribution >= 0.6 is 0 Å². The number of rotatable bonds is 2. The molecule has 0 aromatic carbocycles. The van der Waals surface area contributed by atoms with Crippen LogP contribution in [-0.4, -0.2) is 7.11 Å². The number of allylic oxidation sites excluding steroid dienone is 4. The average molecular weight is 182 g/mol. The monoisotopic (exact) mass is 182 g/mol. The first-order chi connectivity index (χ1) is 6.24. The summed E-state index contributed by atoms with van der Waals surface area (Å²) in [5, 5.41) is 0. The fraction of sp³-hybridized carbons (Fsp3) is 0.667. The van der Waals surface area contributed by atoms with Crippen LogP contribution in [0, 0.1) is 0 Å². The predicted octanol–water partition coefficient (Wildman–Crippen LogP) is 4.06. The van der Waals surface area contributed by atoms with Crippen molar-refractivity contribution in [2.75, 3.05) is 7.11 Å². The van der Waals surface area contributed by atoms with Crippen molar-refractivity contribution in [2.45, 2.75) is 46.5 Å². The van der Waals surface area contributed by atoms with Crippen LogP contribution < -0.4 is 0 Å². The van der Waals surface area contributed by atoms with Gasteiger partial charge in [-0.05, 0) is 19.4 Å². The van der Waals surface area contributed by atoms with Crippen LogP contribution in [0.2, 0.25) is 0 Å². The fourth-order valence-electron chi connectivity index (χ4n) is 0.892. The molecule has 13 heavy (non-hydrogen) atoms. The largest absolute Gasteiger partial charge is 0.501 e. The van der Waals surface area contributed by atoms with Gasteiger partial charge in [0.25, 0.3) is 0 Å². The minimum absolute atomic E-state index is 1.07. The molecule has 1 heteroatoms. The molecule has 0 aromatic heterocycles. The molecule has 0 aromatic rings. The van der Waals surface area contributed by atoms with E-state index >= 15 is 0 Å². The molecular weight excluding hydrogens is 160 g/mol. The van der Waals surface area contributed by atoms with E-state index in [-0.39, 0.29) is 0 Å². The van der Waals surface area contributed by atoms with Crippen molar-refractivity contribution < 1.29 is 4.74 Å². The van der Waals surface area contributed by atoms with E-state index < -0.39 is 0 Å². The zero-order valence-corrected chi connectivity index (χ0v) is 9.39. The molecular formula is C12H22O. The number of unbranched alkanes of at least 4 members (excludes halogenated alkanes) is 1. The lowest BCUT2D eigenvalue weighted by atomic mass is 10.1. The minimum atomic E-state index is 1.07. The van der Waals surface area contributed by atoms with E-state index in [1.54, 1.807) is 7.11 Å². The van der Waals surface area contributed by atoms with Crippen LogP contribution in [0.5, 0.6) is 0 Å². The van der Waals surface area contributed by atoms with Crippen LogP contribution in [-0.2, 0) is 4.74 Å². The molecule has 1 nitrogen and oxygen atoms in total. The summed E-state index contributed by atoms with van der Waals surface area (Å²) in [6.07, 6.45) is 9.01. The summed E-state index contributed by atoms with van der Waals surface area (Å²) in [6, 6.07) is 0. The first-order valence-corrected chi connectivity index (χ1v) is 5.14. The molecule has 0 bridgehead atoms. The highest BCUT2D eigenvalue weighted by atomic mass is 16.5. The summed E-state index contributed by atoms with van der Waals surface area (Å²) in [5.41, 5.74) is 1.44. The van der Waals surface area contributed by atoms with Crippen molar-refractivity contribution in [1.29, 1.82) is 0 Å². The summed E-state index contributed by atoms with van der Waals surface area (Å²) in [4.78, 5) is 0. The molecule has 0 amide bonds. The van der Waals surface area contributed by atoms with Crippen LogP contribution in [0.1, 0.15) is 46.5 Å². The van der Waals surface area contributed by atoms with Gasteiger partial charge in [0.2, 0.25) is 0 Å². The van der Waals surface area contributed by atoms with Crippen molar-refractivity contribution >= 4 is 0 Å². The maximum Gasteiger partial charge on any atom is 0.0958 e. The lowest BCUT2D eigenvalue weighted by Crippen LogP contribution is -1.92. The van der Waals surface area contributed by atoms with Crippen LogP contribution in [0.3, 0.4) is 0 Å². The second kappa shape index (κ2) is 7.90. The highest BCUT2D eigenvalue weighted by Gasteiger charge is 2.00. The predicted molar refractivity (Wildman–Crippen MR) is 58.7 cm³/mol. The van der Waals surface area contributed by atoms with Gasteiger partial charge in [0, 0.05) is 6.42 Å². The quantitative estimate of drug-likeness (QED) is 0.625. The molecule has 1 aliphatic rings. The first kappa shape index (κ1) is 12.3. The van der Waals surface area contributed by atoms with E-state index in [1.165, 1.54) is 18.4 Å². The number of hydrogen-bond donors (Lipinski definition) is 0. The van der Waals surface area contributed by atoms with E-state index in [1.807, 2.05) is 6.08 Å². The number of methoxy groups -OCH3 is 1. The molecule has 1 rings (SSSR count). The van der Waals surface area contributed by atoms with Crippen molar-refractivity contribution in [2.24, 2.45) is 0 Å². The molecule has 0 unspecified atom stereocenters. The van der Waals surface area contributed by atoms with Gasteiger partial charge in [-0.25, -0.2) is 0 Å². The van der Waals surface area contributed by atoms with E-state index in [2.05, 4.69) is 26.8 Å². The SMILES string of the molecule is CCCC.COC1=CC=C(C)CC1. The second-order valence-electron chi connectivity index (χ2n) is 3.35. The van der Waals surface area contributed by atoms with Gasteiger partial charge in [-0.15, -0.1) is 0 Å². The van der Waals surface area contributed by atoms with Crippen LogP contribution in [0.25, 0.3) is 0 Å². The Morgan fingerprint density at radius 2 is 1.77 bits per heavy atom. The maximum atomic E-state index is 5.06. The summed E-state index contributed by atoms with van der Waals surface area (Å²) in [5.74, 6) is 1.10. The Morgan fingerprint density at radius 1 is 1.15 bits per heavy atom. The van der Waals surface area contributed by atoms with Gasteiger partial charge in [0.15, 0.2) is 0 Å². The molecule has 0 saturated heterocycles. The Bertz CT molecular complexity index is 176. The van der Waals surface area contributed by atoms with Gasteiger partial charge in [-0.2, -0.15) is 0 Å². The number of hydrogen-bond acceptors (Lipinski definition) is 1. The standard InChI is InChI=1S/C8H12O.C4H10/c1-7-3-5-8(9-2)6-4-7;1-3-4-2/h3,5H,4,6H2,1-2H3;3-4H2,1-2H3. The van der Waals surface area contributed by atoms with Crippen molar-refractivity contribution in [3.8, 4) is 0 Å². The Hall–Kier alpha value is -0.720. The van der Waals surface area contributed by atoms with Gasteiger partial charge in [0.1, 0.15) is 0 Å². The van der Waals surface area contributed by atoms with Crippen molar-refractivity contribution in [1.82, 2.24) is 0 Å². The number of ether oxygens (including phenoxy) is 1. The van der Waals surface area contributed by atoms with E-state index in [0.717, 1.165) is 18.6 Å². The maximum absolute atomic E-state index is 5.06. The molecule has 0 aliphatic heterocycles. The summed E-state index contributed by atoms with van der Waals surface area (Å²) in [7, 11) is 1.72. The highest BCUT2D eigenvalue weighted by molar-refractivity contribution is 5.19. The molecule has 0 spiro atoms. The zero-order chi connectivity index (χ0) is 10.1. The van der Waals surface area contributed by atoms with E-state index in [4.69, 9.17) is 4.74 Å². The summed E-state index contributed by atoms with van der Waals surface area (Å²) < 4.78 is 5.06. The molecule has 0 saturated carbocycles. The Balaban J connectivity index is 0.000000310. The molecule has 0 atom stereocenters. The third-order valence-corrected chi connectivity index (χ3v) is 2.08. The van der Waals surface area contributed by atoms with Crippen LogP contribution in [0.15, 0.2) is 23.5 Å². The average Bonchev–Trinajstić information content (AvgIpc) is 2.19. The first-order valence-electron chi connectivity index (χ1n) is 5.14. The topological polar surface area (TPSA) is 9.23 Å². The second-order valence-corrected chi connectivity index (χ2v) is 3.35. The normalized spacial score (nSPS) is 15.1. The third kappa shape index (κ3) is 6.44. The van der Waals surface area contributed by atoms with Gasteiger partial charge in [-0.1, -0.05) is 38.3 Å². The summed E-state index contributed by atoms with van der Waals surface area (Å²) in [6.45, 7) is 6.50. The highest BCUT2D eigenvalue weighted by Crippen LogP contribution is 2.17. The van der Waals surface area contributed by atoms with Gasteiger partial charge >= 0.3 is 0 Å². The molecule has 1 aliphatic carbocycles. The lowest BCUT2D eigenvalue weighted by molar-refractivity contribution is 0.275. The third-order valence-electron chi connectivity index (χ3n) is 2.08. The van der Waals surface area contributed by atoms with Gasteiger partial charge in [0.05, 0.1) is 12.9 Å². The Labute approximate surface area is 82.5 Å². The van der Waals surface area contributed by atoms with Crippen molar-refractivity contribution in [3.63, 3.8) is 0 Å². The lowest BCUT2D eigenvalue weighted by Gasteiger charge is -2.09. The zero-order valence-electron chi connectivity index (χ0n) is 9.39. The smallest absolute Gasteiger partial charge is 0.0958 e. The molecule has 0 N–H and O–H groups in total. The molecule has 0 radical (unpaired) electrons. The molecule has 0 fully saturated rings. The van der Waals surface area contributed by atoms with Gasteiger partial charge in [-0.3, -0.25) is 0 Å². The fourth-order valence-corrected chi connectivity index (χ4v) is 0.892.